The van der Waals surface area contributed by atoms with Gasteiger partial charge in [-0.3, -0.25) is 19.2 Å². The number of amides is 3. The Labute approximate surface area is 210 Å². The molecule has 0 spiro atoms. The molecule has 12 heteroatoms. The molecule has 0 saturated heterocycles. The van der Waals surface area contributed by atoms with Crippen LogP contribution in [0.4, 0.5) is 0 Å². The predicted octanol–water partition coefficient (Wildman–Crippen LogP) is -0.645. The van der Waals surface area contributed by atoms with Gasteiger partial charge < -0.3 is 37.6 Å². The quantitative estimate of drug-likeness (QED) is 0.141. The Bertz CT molecular complexity index is 894. The van der Waals surface area contributed by atoms with Gasteiger partial charge in [0.05, 0.1) is 12.5 Å². The Morgan fingerprint density at radius 3 is 1.92 bits per heavy atom. The summed E-state index contributed by atoms with van der Waals surface area (Å²) in [6.45, 7) is 3.86. The number of hydrogen-bond donors (Lipinski definition) is 7. The Morgan fingerprint density at radius 1 is 0.833 bits per heavy atom. The smallest absolute Gasteiger partial charge is 0.326 e. The third-order valence-corrected chi connectivity index (χ3v) is 5.51. The number of carbonyl (C=O) groups excluding carboxylic acids is 3. The number of aliphatic carboxylic acids is 2. The van der Waals surface area contributed by atoms with E-state index in [-0.39, 0.29) is 18.8 Å². The number of carboxylic acid groups (broad SMARTS) is 2. The zero-order valence-corrected chi connectivity index (χ0v) is 20.6. The summed E-state index contributed by atoms with van der Waals surface area (Å²) in [6.07, 6.45) is 0.423. The molecule has 3 amide bonds. The van der Waals surface area contributed by atoms with Crippen LogP contribution in [0.1, 0.15) is 45.1 Å². The molecule has 9 N–H and O–H groups in total. The molecule has 0 aromatic heterocycles. The van der Waals surface area contributed by atoms with Gasteiger partial charge in [0.2, 0.25) is 17.7 Å². The number of carboxylic acids is 2. The van der Waals surface area contributed by atoms with Crippen molar-refractivity contribution in [3.63, 3.8) is 0 Å². The highest BCUT2D eigenvalue weighted by atomic mass is 16.4. The third kappa shape index (κ3) is 10.8. The lowest BCUT2D eigenvalue weighted by molar-refractivity contribution is -0.143. The van der Waals surface area contributed by atoms with E-state index in [0.717, 1.165) is 0 Å². The number of nitrogens with two attached hydrogens (primary N) is 2. The van der Waals surface area contributed by atoms with Gasteiger partial charge in [-0.1, -0.05) is 44.2 Å². The average Bonchev–Trinajstić information content (AvgIpc) is 2.82. The Balaban J connectivity index is 3.01. The number of nitrogens with one attached hydrogen (secondary N) is 3. The van der Waals surface area contributed by atoms with E-state index in [1.54, 1.807) is 44.2 Å². The minimum atomic E-state index is -1.57. The minimum absolute atomic E-state index is 0.0412. The molecular weight excluding hydrogens is 470 g/mol. The van der Waals surface area contributed by atoms with Crippen LogP contribution in [-0.2, 0) is 30.4 Å². The highest BCUT2D eigenvalue weighted by Gasteiger charge is 2.31. The molecule has 4 atom stereocenters. The lowest BCUT2D eigenvalue weighted by Crippen LogP contribution is -2.58. The molecule has 4 unspecified atom stereocenters. The molecule has 0 aliphatic carbocycles. The molecule has 1 rings (SSSR count). The molecule has 0 saturated carbocycles. The average molecular weight is 508 g/mol. The molecule has 0 fully saturated rings. The van der Waals surface area contributed by atoms with Gasteiger partial charge in [-0.25, -0.2) is 4.79 Å². The highest BCUT2D eigenvalue weighted by Crippen LogP contribution is 2.07. The summed E-state index contributed by atoms with van der Waals surface area (Å²) in [4.78, 5) is 61.4. The van der Waals surface area contributed by atoms with Crippen LogP contribution >= 0.6 is 0 Å². The van der Waals surface area contributed by atoms with E-state index in [2.05, 4.69) is 16.0 Å². The lowest BCUT2D eigenvalue weighted by Gasteiger charge is -2.25. The van der Waals surface area contributed by atoms with Gasteiger partial charge in [-0.2, -0.15) is 0 Å². The molecule has 0 heterocycles. The number of carbonyl (C=O) groups is 5. The normalized spacial score (nSPS) is 14.2. The first kappa shape index (κ1) is 30.5. The molecule has 1 aromatic carbocycles. The first-order valence-electron chi connectivity index (χ1n) is 11.8. The molecule has 36 heavy (non-hydrogen) atoms. The summed E-state index contributed by atoms with van der Waals surface area (Å²) in [5.74, 6) is -5.21. The van der Waals surface area contributed by atoms with Crippen molar-refractivity contribution in [2.45, 2.75) is 70.1 Å². The molecule has 0 aliphatic rings. The van der Waals surface area contributed by atoms with Crippen molar-refractivity contribution in [3.05, 3.63) is 35.9 Å². The summed E-state index contributed by atoms with van der Waals surface area (Å²) < 4.78 is 0. The SMILES string of the molecule is CC(C)C(N)C(=O)NC(CCCCN)C(=O)NC(CC(=O)O)C(=O)NC(Cc1ccccc1)C(=O)O. The summed E-state index contributed by atoms with van der Waals surface area (Å²) >= 11 is 0. The van der Waals surface area contributed by atoms with Crippen molar-refractivity contribution in [2.75, 3.05) is 6.54 Å². The zero-order valence-electron chi connectivity index (χ0n) is 20.6. The van der Waals surface area contributed by atoms with E-state index in [1.807, 2.05) is 0 Å². The van der Waals surface area contributed by atoms with Gasteiger partial charge >= 0.3 is 11.9 Å². The number of benzene rings is 1. The van der Waals surface area contributed by atoms with Gasteiger partial charge in [0.25, 0.3) is 0 Å². The summed E-state index contributed by atoms with van der Waals surface area (Å²) in [7, 11) is 0. The number of hydrogen-bond acceptors (Lipinski definition) is 7. The van der Waals surface area contributed by atoms with Crippen LogP contribution in [0.2, 0.25) is 0 Å². The fourth-order valence-corrected chi connectivity index (χ4v) is 3.31. The van der Waals surface area contributed by atoms with Crippen molar-refractivity contribution in [2.24, 2.45) is 17.4 Å². The standard InChI is InChI=1S/C24H37N5O7/c1-14(2)20(26)23(34)27-16(10-6-7-11-25)21(32)28-17(13-19(30)31)22(33)29-18(24(35)36)12-15-8-4-3-5-9-15/h3-5,8-9,14,16-18,20H,6-7,10-13,25-26H2,1-2H3,(H,27,34)(H,28,32)(H,29,33)(H,30,31)(H,35,36). The Hall–Kier alpha value is -3.51. The number of rotatable bonds is 16. The van der Waals surface area contributed by atoms with Crippen LogP contribution < -0.4 is 27.4 Å². The summed E-state index contributed by atoms with van der Waals surface area (Å²) in [5.41, 5.74) is 12.0. The van der Waals surface area contributed by atoms with E-state index in [1.165, 1.54) is 0 Å². The second-order valence-corrected chi connectivity index (χ2v) is 8.86. The van der Waals surface area contributed by atoms with Crippen LogP contribution in [-0.4, -0.2) is 70.6 Å². The van der Waals surface area contributed by atoms with Crippen molar-refractivity contribution < 1.29 is 34.2 Å². The van der Waals surface area contributed by atoms with Crippen molar-refractivity contribution in [3.8, 4) is 0 Å². The highest BCUT2D eigenvalue weighted by molar-refractivity contribution is 5.95. The van der Waals surface area contributed by atoms with Crippen molar-refractivity contribution in [1.82, 2.24) is 16.0 Å². The fourth-order valence-electron chi connectivity index (χ4n) is 3.31. The molecule has 0 bridgehead atoms. The maximum atomic E-state index is 13.0. The van der Waals surface area contributed by atoms with Gasteiger partial charge in [0.1, 0.15) is 18.1 Å². The topological polar surface area (TPSA) is 214 Å². The Kier molecular flexibility index (Phi) is 13.1. The van der Waals surface area contributed by atoms with Crippen LogP contribution in [0.3, 0.4) is 0 Å². The maximum absolute atomic E-state index is 13.0. The molecule has 1 aromatic rings. The predicted molar refractivity (Wildman–Crippen MR) is 132 cm³/mol. The minimum Gasteiger partial charge on any atom is -0.481 e. The van der Waals surface area contributed by atoms with E-state index in [4.69, 9.17) is 11.5 Å². The van der Waals surface area contributed by atoms with E-state index in [9.17, 15) is 34.2 Å². The zero-order chi connectivity index (χ0) is 27.3. The second kappa shape index (κ2) is 15.5. The molecule has 0 radical (unpaired) electrons. The largest absolute Gasteiger partial charge is 0.481 e. The van der Waals surface area contributed by atoms with Gasteiger partial charge in [-0.15, -0.1) is 0 Å². The first-order valence-corrected chi connectivity index (χ1v) is 11.8. The second-order valence-electron chi connectivity index (χ2n) is 8.86. The fraction of sp³-hybridized carbons (Fsp3) is 0.542. The molecule has 0 aliphatic heterocycles. The number of unbranched alkanes of at least 4 members (excludes halogenated alkanes) is 1. The van der Waals surface area contributed by atoms with E-state index < -0.39 is 60.2 Å². The van der Waals surface area contributed by atoms with Crippen LogP contribution in [0.5, 0.6) is 0 Å². The van der Waals surface area contributed by atoms with Crippen LogP contribution in [0.15, 0.2) is 30.3 Å². The van der Waals surface area contributed by atoms with Gasteiger partial charge in [-0.05, 0) is 37.3 Å². The summed E-state index contributed by atoms with van der Waals surface area (Å²) in [5, 5.41) is 26.0. The van der Waals surface area contributed by atoms with E-state index >= 15 is 0 Å². The monoisotopic (exact) mass is 507 g/mol. The van der Waals surface area contributed by atoms with Gasteiger partial charge in [0, 0.05) is 6.42 Å². The van der Waals surface area contributed by atoms with Crippen LogP contribution in [0.25, 0.3) is 0 Å². The maximum Gasteiger partial charge on any atom is 0.326 e. The van der Waals surface area contributed by atoms with E-state index in [0.29, 0.717) is 24.9 Å². The molecule has 12 nitrogen and oxygen atoms in total. The van der Waals surface area contributed by atoms with Gasteiger partial charge in [0.15, 0.2) is 0 Å². The Morgan fingerprint density at radius 2 is 1.39 bits per heavy atom. The summed E-state index contributed by atoms with van der Waals surface area (Å²) in [6, 6.07) is 3.69. The molecule has 200 valence electrons. The first-order chi connectivity index (χ1) is 17.0. The van der Waals surface area contributed by atoms with Crippen molar-refractivity contribution in [1.29, 1.82) is 0 Å². The molecular formula is C24H37N5O7. The van der Waals surface area contributed by atoms with Crippen LogP contribution in [0, 0.1) is 5.92 Å². The third-order valence-electron chi connectivity index (χ3n) is 5.51. The lowest BCUT2D eigenvalue weighted by atomic mass is 10.0. The van der Waals surface area contributed by atoms with Crippen molar-refractivity contribution >= 4 is 29.7 Å².